The van der Waals surface area contributed by atoms with Crippen molar-refractivity contribution in [1.82, 2.24) is 0 Å². The van der Waals surface area contributed by atoms with Gasteiger partial charge >= 0.3 is 5.97 Å². The lowest BCUT2D eigenvalue weighted by Gasteiger charge is -2.06. The predicted molar refractivity (Wildman–Crippen MR) is 68.9 cm³/mol. The minimum atomic E-state index is -0.116. The summed E-state index contributed by atoms with van der Waals surface area (Å²) >= 11 is 2.32. The lowest BCUT2D eigenvalue weighted by Crippen LogP contribution is -2.06. The summed E-state index contributed by atoms with van der Waals surface area (Å²) in [6.45, 7) is 4.37. The second-order valence-corrected chi connectivity index (χ2v) is 4.43. The third-order valence-corrected chi connectivity index (χ3v) is 3.72. The van der Waals surface area contributed by atoms with Gasteiger partial charge in [-0.2, -0.15) is 0 Å². The lowest BCUT2D eigenvalue weighted by molar-refractivity contribution is -0.143. The third kappa shape index (κ3) is 3.81. The highest BCUT2D eigenvalue weighted by molar-refractivity contribution is 14.1. The molecular formula is C12H15IO2. The van der Waals surface area contributed by atoms with Gasteiger partial charge in [-0.1, -0.05) is 18.2 Å². The van der Waals surface area contributed by atoms with Crippen LogP contribution in [-0.2, 0) is 16.0 Å². The molecule has 0 aliphatic rings. The van der Waals surface area contributed by atoms with Gasteiger partial charge in [-0.3, -0.25) is 4.79 Å². The Hall–Kier alpha value is -0.580. The fourth-order valence-corrected chi connectivity index (χ4v) is 2.00. The molecule has 0 aliphatic carbocycles. The van der Waals surface area contributed by atoms with Gasteiger partial charge < -0.3 is 4.74 Å². The molecule has 0 fully saturated rings. The number of hydrogen-bond acceptors (Lipinski definition) is 2. The van der Waals surface area contributed by atoms with Crippen LogP contribution in [0.1, 0.15) is 24.5 Å². The molecule has 0 saturated heterocycles. The number of halogens is 1. The Bertz CT molecular complexity index is 347. The van der Waals surface area contributed by atoms with Crippen molar-refractivity contribution in [1.29, 1.82) is 0 Å². The first-order valence-corrected chi connectivity index (χ1v) is 6.12. The number of esters is 1. The van der Waals surface area contributed by atoms with Crippen LogP contribution in [-0.4, -0.2) is 12.6 Å². The second kappa shape index (κ2) is 6.10. The molecule has 0 radical (unpaired) electrons. The molecule has 1 aromatic rings. The van der Waals surface area contributed by atoms with Gasteiger partial charge in [0.25, 0.3) is 0 Å². The third-order valence-electron chi connectivity index (χ3n) is 2.18. The molecule has 0 saturated carbocycles. The van der Waals surface area contributed by atoms with Crippen LogP contribution in [0.2, 0.25) is 0 Å². The summed E-state index contributed by atoms with van der Waals surface area (Å²) in [5, 5.41) is 0. The summed E-state index contributed by atoms with van der Waals surface area (Å²) < 4.78 is 6.14. The van der Waals surface area contributed by atoms with E-state index in [0.29, 0.717) is 13.0 Å². The smallest absolute Gasteiger partial charge is 0.306 e. The number of carbonyl (C=O) groups excluding carboxylic acids is 1. The van der Waals surface area contributed by atoms with Crippen LogP contribution in [0.3, 0.4) is 0 Å². The van der Waals surface area contributed by atoms with E-state index in [-0.39, 0.29) is 5.97 Å². The van der Waals surface area contributed by atoms with E-state index in [9.17, 15) is 4.79 Å². The van der Waals surface area contributed by atoms with Gasteiger partial charge in [0.05, 0.1) is 6.61 Å². The molecule has 0 bridgehead atoms. The SMILES string of the molecule is CCOC(=O)CCc1cccc(C)c1I. The standard InChI is InChI=1S/C12H15IO2/c1-3-15-11(14)8-7-10-6-4-5-9(2)12(10)13/h4-6H,3,7-8H2,1-2H3. The van der Waals surface area contributed by atoms with E-state index in [1.54, 1.807) is 0 Å². The first-order valence-electron chi connectivity index (χ1n) is 5.04. The van der Waals surface area contributed by atoms with E-state index in [1.165, 1.54) is 14.7 Å². The Balaban J connectivity index is 2.58. The van der Waals surface area contributed by atoms with Gasteiger partial charge in [-0.05, 0) is 54.0 Å². The zero-order chi connectivity index (χ0) is 11.3. The molecule has 1 aromatic carbocycles. The molecular weight excluding hydrogens is 303 g/mol. The molecule has 0 heterocycles. The normalized spacial score (nSPS) is 10.1. The molecule has 0 aromatic heterocycles. The zero-order valence-electron chi connectivity index (χ0n) is 9.05. The molecule has 3 heteroatoms. The molecule has 0 aliphatic heterocycles. The molecule has 15 heavy (non-hydrogen) atoms. The van der Waals surface area contributed by atoms with Gasteiger partial charge in [0.1, 0.15) is 0 Å². The topological polar surface area (TPSA) is 26.3 Å². The Morgan fingerprint density at radius 1 is 1.47 bits per heavy atom. The number of rotatable bonds is 4. The van der Waals surface area contributed by atoms with Crippen LogP contribution >= 0.6 is 22.6 Å². The molecule has 1 rings (SSSR count). The molecule has 2 nitrogen and oxygen atoms in total. The van der Waals surface area contributed by atoms with Crippen molar-refractivity contribution < 1.29 is 9.53 Å². The summed E-state index contributed by atoms with van der Waals surface area (Å²) in [7, 11) is 0. The molecule has 0 atom stereocenters. The van der Waals surface area contributed by atoms with Crippen molar-refractivity contribution in [2.24, 2.45) is 0 Å². The molecule has 0 N–H and O–H groups in total. The Labute approximate surface area is 104 Å². The maximum atomic E-state index is 11.2. The van der Waals surface area contributed by atoms with E-state index in [0.717, 1.165) is 6.42 Å². The van der Waals surface area contributed by atoms with E-state index in [2.05, 4.69) is 41.6 Å². The maximum absolute atomic E-state index is 11.2. The summed E-state index contributed by atoms with van der Waals surface area (Å²) in [6, 6.07) is 6.17. The summed E-state index contributed by atoms with van der Waals surface area (Å²) in [5.41, 5.74) is 2.49. The highest BCUT2D eigenvalue weighted by atomic mass is 127. The molecule has 0 unspecified atom stereocenters. The Morgan fingerprint density at radius 3 is 2.87 bits per heavy atom. The molecule has 0 spiro atoms. The van der Waals surface area contributed by atoms with Crippen molar-refractivity contribution in [3.8, 4) is 0 Å². The summed E-state index contributed by atoms with van der Waals surface area (Å²) in [6.07, 6.45) is 1.23. The summed E-state index contributed by atoms with van der Waals surface area (Å²) in [5.74, 6) is -0.116. The number of ether oxygens (including phenoxy) is 1. The quantitative estimate of drug-likeness (QED) is 0.630. The largest absolute Gasteiger partial charge is 0.466 e. The van der Waals surface area contributed by atoms with Crippen molar-refractivity contribution in [3.63, 3.8) is 0 Å². The van der Waals surface area contributed by atoms with Crippen LogP contribution < -0.4 is 0 Å². The Morgan fingerprint density at radius 2 is 2.20 bits per heavy atom. The number of benzene rings is 1. The van der Waals surface area contributed by atoms with Gasteiger partial charge in [-0.15, -0.1) is 0 Å². The van der Waals surface area contributed by atoms with Gasteiger partial charge in [0.15, 0.2) is 0 Å². The Kier molecular flexibility index (Phi) is 5.08. The van der Waals surface area contributed by atoms with Gasteiger partial charge in [-0.25, -0.2) is 0 Å². The lowest BCUT2D eigenvalue weighted by atomic mass is 10.1. The average molecular weight is 318 g/mol. The molecule has 82 valence electrons. The monoisotopic (exact) mass is 318 g/mol. The van der Waals surface area contributed by atoms with Crippen molar-refractivity contribution in [2.75, 3.05) is 6.61 Å². The molecule has 0 amide bonds. The summed E-state index contributed by atoms with van der Waals surface area (Å²) in [4.78, 5) is 11.2. The first kappa shape index (κ1) is 12.5. The highest BCUT2D eigenvalue weighted by Gasteiger charge is 2.06. The fourth-order valence-electron chi connectivity index (χ4n) is 1.37. The predicted octanol–water partition coefficient (Wildman–Crippen LogP) is 3.10. The van der Waals surface area contributed by atoms with E-state index in [1.807, 2.05) is 13.0 Å². The number of carbonyl (C=O) groups is 1. The van der Waals surface area contributed by atoms with Crippen LogP contribution in [0.4, 0.5) is 0 Å². The van der Waals surface area contributed by atoms with E-state index in [4.69, 9.17) is 4.74 Å². The fraction of sp³-hybridized carbons (Fsp3) is 0.417. The number of hydrogen-bond donors (Lipinski definition) is 0. The van der Waals surface area contributed by atoms with Gasteiger partial charge in [0.2, 0.25) is 0 Å². The van der Waals surface area contributed by atoms with Gasteiger partial charge in [0, 0.05) is 9.99 Å². The minimum absolute atomic E-state index is 0.116. The highest BCUT2D eigenvalue weighted by Crippen LogP contribution is 2.18. The number of aryl methyl sites for hydroxylation is 2. The van der Waals surface area contributed by atoms with E-state index >= 15 is 0 Å². The van der Waals surface area contributed by atoms with Crippen LogP contribution in [0.15, 0.2) is 18.2 Å². The van der Waals surface area contributed by atoms with Crippen LogP contribution in [0.5, 0.6) is 0 Å². The van der Waals surface area contributed by atoms with Crippen molar-refractivity contribution in [3.05, 3.63) is 32.9 Å². The minimum Gasteiger partial charge on any atom is -0.466 e. The van der Waals surface area contributed by atoms with Crippen LogP contribution in [0.25, 0.3) is 0 Å². The average Bonchev–Trinajstić information content (AvgIpc) is 2.21. The first-order chi connectivity index (χ1) is 7.15. The zero-order valence-corrected chi connectivity index (χ0v) is 11.2. The van der Waals surface area contributed by atoms with Crippen LogP contribution in [0, 0.1) is 10.5 Å². The van der Waals surface area contributed by atoms with Crippen molar-refractivity contribution in [2.45, 2.75) is 26.7 Å². The second-order valence-electron chi connectivity index (χ2n) is 3.35. The van der Waals surface area contributed by atoms with E-state index < -0.39 is 0 Å². The van der Waals surface area contributed by atoms with Crippen molar-refractivity contribution >= 4 is 28.6 Å². The maximum Gasteiger partial charge on any atom is 0.306 e.